The molecule has 1 aromatic carbocycles. The molecule has 1 fully saturated rings. The predicted molar refractivity (Wildman–Crippen MR) is 64.0 cm³/mol. The molecule has 0 amide bonds. The van der Waals surface area contributed by atoms with Gasteiger partial charge in [0.25, 0.3) is 0 Å². The third kappa shape index (κ3) is 2.74. The summed E-state index contributed by atoms with van der Waals surface area (Å²) in [5.74, 6) is 0. The van der Waals surface area contributed by atoms with Gasteiger partial charge in [-0.3, -0.25) is 0 Å². The Morgan fingerprint density at radius 2 is 2.13 bits per heavy atom. The Kier molecular flexibility index (Phi) is 3.67. The molecule has 0 spiro atoms. The number of nitrogens with two attached hydrogens (primary N) is 1. The zero-order valence-corrected chi connectivity index (χ0v) is 9.80. The van der Waals surface area contributed by atoms with Crippen LogP contribution in [0.5, 0.6) is 0 Å². The molecule has 0 bridgehead atoms. The fourth-order valence-electron chi connectivity index (χ4n) is 1.75. The number of hydrogen-bond donors (Lipinski definition) is 1. The van der Waals surface area contributed by atoms with E-state index < -0.39 is 0 Å². The molecule has 1 heterocycles. The summed E-state index contributed by atoms with van der Waals surface area (Å²) >= 11 is 1.91. The first kappa shape index (κ1) is 11.0. The molecule has 2 N–H and O–H groups in total. The van der Waals surface area contributed by atoms with Crippen LogP contribution in [0.3, 0.4) is 0 Å². The van der Waals surface area contributed by atoms with E-state index in [9.17, 15) is 0 Å². The van der Waals surface area contributed by atoms with Gasteiger partial charge < -0.3 is 10.5 Å². The van der Waals surface area contributed by atoms with Crippen LogP contribution in [0, 0.1) is 0 Å². The van der Waals surface area contributed by atoms with E-state index >= 15 is 0 Å². The maximum Gasteiger partial charge on any atom is 0.0669 e. The quantitative estimate of drug-likeness (QED) is 0.854. The topological polar surface area (TPSA) is 35.2 Å². The number of ether oxygens (including phenoxy) is 1. The Morgan fingerprint density at radius 1 is 1.40 bits per heavy atom. The van der Waals surface area contributed by atoms with Crippen LogP contribution in [0.25, 0.3) is 0 Å². The molecule has 15 heavy (non-hydrogen) atoms. The highest BCUT2D eigenvalue weighted by Gasteiger charge is 2.24. The first-order valence-electron chi connectivity index (χ1n) is 5.37. The second-order valence-electron chi connectivity index (χ2n) is 3.87. The maximum absolute atomic E-state index is 5.56. The van der Waals surface area contributed by atoms with Crippen molar-refractivity contribution in [1.29, 1.82) is 0 Å². The molecule has 1 aliphatic rings. The highest BCUT2D eigenvalue weighted by atomic mass is 32.2. The molecule has 0 saturated carbocycles. The van der Waals surface area contributed by atoms with Crippen LogP contribution in [0.1, 0.15) is 18.9 Å². The third-order valence-corrected chi connectivity index (χ3v) is 4.22. The molecule has 0 aromatic heterocycles. The second kappa shape index (κ2) is 5.01. The zero-order valence-electron chi connectivity index (χ0n) is 8.98. The first-order chi connectivity index (χ1) is 7.29. The lowest BCUT2D eigenvalue weighted by Crippen LogP contribution is -2.12. The molecule has 2 rings (SSSR count). The minimum atomic E-state index is 0.379. The summed E-state index contributed by atoms with van der Waals surface area (Å²) in [7, 11) is 0. The van der Waals surface area contributed by atoms with Gasteiger partial charge in [-0.1, -0.05) is 12.1 Å². The Balaban J connectivity index is 1.98. The number of thioether (sulfide) groups is 1. The van der Waals surface area contributed by atoms with Crippen LogP contribution in [-0.4, -0.2) is 18.0 Å². The van der Waals surface area contributed by atoms with Gasteiger partial charge in [0.1, 0.15) is 0 Å². The van der Waals surface area contributed by atoms with Crippen LogP contribution in [0.15, 0.2) is 29.2 Å². The van der Waals surface area contributed by atoms with Crippen molar-refractivity contribution >= 4 is 11.8 Å². The van der Waals surface area contributed by atoms with Gasteiger partial charge in [-0.2, -0.15) is 0 Å². The summed E-state index contributed by atoms with van der Waals surface area (Å²) in [5.41, 5.74) is 6.75. The lowest BCUT2D eigenvalue weighted by molar-refractivity contribution is 0.127. The highest BCUT2D eigenvalue weighted by molar-refractivity contribution is 8.00. The lowest BCUT2D eigenvalue weighted by Gasteiger charge is -2.13. The highest BCUT2D eigenvalue weighted by Crippen LogP contribution is 2.32. The van der Waals surface area contributed by atoms with Gasteiger partial charge in [0.2, 0.25) is 0 Å². The van der Waals surface area contributed by atoms with E-state index in [-0.39, 0.29) is 0 Å². The fourth-order valence-corrected chi connectivity index (χ4v) is 2.87. The minimum absolute atomic E-state index is 0.379. The summed E-state index contributed by atoms with van der Waals surface area (Å²) in [6.45, 7) is 3.67. The van der Waals surface area contributed by atoms with Gasteiger partial charge in [-0.15, -0.1) is 11.8 Å². The Labute approximate surface area is 95.2 Å². The molecule has 0 radical (unpaired) electrons. The van der Waals surface area contributed by atoms with Crippen molar-refractivity contribution in [2.45, 2.75) is 36.1 Å². The summed E-state index contributed by atoms with van der Waals surface area (Å²) in [4.78, 5) is 1.31. The summed E-state index contributed by atoms with van der Waals surface area (Å²) in [6.07, 6.45) is 1.54. The standard InChI is InChI=1S/C12H17NOS/c1-9-12(6-7-14-9)15-11-4-2-10(8-13)3-5-11/h2-5,9,12H,6-8,13H2,1H3. The minimum Gasteiger partial charge on any atom is -0.377 e. The molecule has 1 aliphatic heterocycles. The molecule has 3 heteroatoms. The van der Waals surface area contributed by atoms with Crippen molar-refractivity contribution < 1.29 is 4.74 Å². The summed E-state index contributed by atoms with van der Waals surface area (Å²) in [6, 6.07) is 8.50. The molecule has 1 aromatic rings. The van der Waals surface area contributed by atoms with Crippen molar-refractivity contribution in [3.8, 4) is 0 Å². The second-order valence-corrected chi connectivity index (χ2v) is 5.18. The SMILES string of the molecule is CC1OCCC1Sc1ccc(CN)cc1. The van der Waals surface area contributed by atoms with Crippen molar-refractivity contribution in [3.63, 3.8) is 0 Å². The average Bonchev–Trinajstić information content (AvgIpc) is 2.66. The van der Waals surface area contributed by atoms with Crippen molar-refractivity contribution in [2.75, 3.05) is 6.61 Å². The van der Waals surface area contributed by atoms with Crippen molar-refractivity contribution in [2.24, 2.45) is 5.73 Å². The molecule has 0 aliphatic carbocycles. The molecule has 2 atom stereocenters. The number of hydrogen-bond acceptors (Lipinski definition) is 3. The van der Waals surface area contributed by atoms with Crippen LogP contribution in [-0.2, 0) is 11.3 Å². The summed E-state index contributed by atoms with van der Waals surface area (Å²) < 4.78 is 5.54. The Hall–Kier alpha value is -0.510. The lowest BCUT2D eigenvalue weighted by atomic mass is 10.2. The van der Waals surface area contributed by atoms with E-state index in [2.05, 4.69) is 31.2 Å². The number of benzene rings is 1. The van der Waals surface area contributed by atoms with Gasteiger partial charge in [0.05, 0.1) is 6.10 Å². The van der Waals surface area contributed by atoms with E-state index in [1.807, 2.05) is 11.8 Å². The van der Waals surface area contributed by atoms with Gasteiger partial charge in [-0.25, -0.2) is 0 Å². The van der Waals surface area contributed by atoms with E-state index in [0.717, 1.165) is 13.0 Å². The van der Waals surface area contributed by atoms with Crippen LogP contribution >= 0.6 is 11.8 Å². The van der Waals surface area contributed by atoms with Crippen LogP contribution in [0.2, 0.25) is 0 Å². The Bertz CT molecular complexity index is 312. The average molecular weight is 223 g/mol. The molecule has 2 nitrogen and oxygen atoms in total. The van der Waals surface area contributed by atoms with Crippen molar-refractivity contribution in [3.05, 3.63) is 29.8 Å². The Morgan fingerprint density at radius 3 is 2.67 bits per heavy atom. The predicted octanol–water partition coefficient (Wildman–Crippen LogP) is 2.41. The van der Waals surface area contributed by atoms with Gasteiger partial charge in [-0.05, 0) is 31.0 Å². The largest absolute Gasteiger partial charge is 0.377 e. The zero-order chi connectivity index (χ0) is 10.7. The van der Waals surface area contributed by atoms with E-state index in [4.69, 9.17) is 10.5 Å². The van der Waals surface area contributed by atoms with E-state index in [0.29, 0.717) is 17.9 Å². The van der Waals surface area contributed by atoms with E-state index in [1.165, 1.54) is 10.5 Å². The van der Waals surface area contributed by atoms with Gasteiger partial charge in [0.15, 0.2) is 0 Å². The third-order valence-electron chi connectivity index (χ3n) is 2.75. The monoisotopic (exact) mass is 223 g/mol. The molecule has 82 valence electrons. The van der Waals surface area contributed by atoms with Crippen LogP contribution < -0.4 is 5.73 Å². The normalized spacial score (nSPS) is 25.7. The van der Waals surface area contributed by atoms with Crippen LogP contribution in [0.4, 0.5) is 0 Å². The molecular weight excluding hydrogens is 206 g/mol. The molecular formula is C12H17NOS. The van der Waals surface area contributed by atoms with Gasteiger partial charge in [0, 0.05) is 23.3 Å². The summed E-state index contributed by atoms with van der Waals surface area (Å²) in [5, 5.41) is 0.605. The number of rotatable bonds is 3. The van der Waals surface area contributed by atoms with Crippen molar-refractivity contribution in [1.82, 2.24) is 0 Å². The first-order valence-corrected chi connectivity index (χ1v) is 6.25. The smallest absolute Gasteiger partial charge is 0.0669 e. The van der Waals surface area contributed by atoms with Gasteiger partial charge >= 0.3 is 0 Å². The fraction of sp³-hybridized carbons (Fsp3) is 0.500. The maximum atomic E-state index is 5.56. The molecule has 1 saturated heterocycles. The molecule has 2 unspecified atom stereocenters. The van der Waals surface area contributed by atoms with E-state index in [1.54, 1.807) is 0 Å².